The lowest BCUT2D eigenvalue weighted by molar-refractivity contribution is -0.136. The molecule has 4 heteroatoms. The summed E-state index contributed by atoms with van der Waals surface area (Å²) < 4.78 is 13.4. The van der Waals surface area contributed by atoms with E-state index < -0.39 is 5.97 Å². The average molecular weight is 273 g/mol. The van der Waals surface area contributed by atoms with Crippen LogP contribution in [-0.2, 0) is 17.8 Å². The van der Waals surface area contributed by atoms with Crippen LogP contribution in [0, 0.1) is 12.7 Å². The standard InChI is InChI=1S/C16H16FNO2/c1-11-2-7-14(9-15(11)17)18-10-13-5-3-12(4-6-13)8-16(19)20/h2-7,9,18H,8,10H2,1H3,(H,19,20). The SMILES string of the molecule is Cc1ccc(NCc2ccc(CC(=O)O)cc2)cc1F. The average Bonchev–Trinajstić information content (AvgIpc) is 2.41. The lowest BCUT2D eigenvalue weighted by atomic mass is 10.1. The summed E-state index contributed by atoms with van der Waals surface area (Å²) in [6.45, 7) is 2.29. The van der Waals surface area contributed by atoms with E-state index in [1.165, 1.54) is 6.07 Å². The number of anilines is 1. The monoisotopic (exact) mass is 273 g/mol. The van der Waals surface area contributed by atoms with Crippen LogP contribution in [0.4, 0.5) is 10.1 Å². The first-order valence-corrected chi connectivity index (χ1v) is 6.34. The van der Waals surface area contributed by atoms with Gasteiger partial charge in [-0.25, -0.2) is 4.39 Å². The van der Waals surface area contributed by atoms with E-state index in [0.29, 0.717) is 12.1 Å². The van der Waals surface area contributed by atoms with Crippen molar-refractivity contribution in [3.8, 4) is 0 Å². The lowest BCUT2D eigenvalue weighted by Gasteiger charge is -2.08. The molecule has 0 aliphatic carbocycles. The quantitative estimate of drug-likeness (QED) is 0.878. The van der Waals surface area contributed by atoms with Crippen molar-refractivity contribution in [2.24, 2.45) is 0 Å². The van der Waals surface area contributed by atoms with E-state index in [-0.39, 0.29) is 12.2 Å². The number of carbonyl (C=O) groups is 1. The molecule has 0 heterocycles. The summed E-state index contributed by atoms with van der Waals surface area (Å²) in [6, 6.07) is 12.4. The minimum atomic E-state index is -0.842. The summed E-state index contributed by atoms with van der Waals surface area (Å²) in [6.07, 6.45) is 0.0247. The Morgan fingerprint density at radius 3 is 2.40 bits per heavy atom. The van der Waals surface area contributed by atoms with Crippen molar-refractivity contribution in [1.82, 2.24) is 0 Å². The zero-order valence-electron chi connectivity index (χ0n) is 11.2. The normalized spacial score (nSPS) is 10.3. The van der Waals surface area contributed by atoms with Crippen molar-refractivity contribution >= 4 is 11.7 Å². The van der Waals surface area contributed by atoms with Gasteiger partial charge in [0, 0.05) is 12.2 Å². The van der Waals surface area contributed by atoms with Gasteiger partial charge in [-0.1, -0.05) is 30.3 Å². The number of nitrogens with one attached hydrogen (secondary N) is 1. The Bertz CT molecular complexity index is 608. The van der Waals surface area contributed by atoms with Gasteiger partial charge in [0.2, 0.25) is 0 Å². The molecule has 0 amide bonds. The number of rotatable bonds is 5. The molecule has 104 valence electrons. The fraction of sp³-hybridized carbons (Fsp3) is 0.188. The summed E-state index contributed by atoms with van der Waals surface area (Å²) in [5, 5.41) is 11.8. The Balaban J connectivity index is 1.96. The molecule has 0 aliphatic heterocycles. The van der Waals surface area contributed by atoms with Crippen LogP contribution in [0.2, 0.25) is 0 Å². The first kappa shape index (κ1) is 14.1. The van der Waals surface area contributed by atoms with Crippen LogP contribution in [0.3, 0.4) is 0 Å². The second-order valence-electron chi connectivity index (χ2n) is 4.70. The van der Waals surface area contributed by atoms with E-state index in [2.05, 4.69) is 5.32 Å². The van der Waals surface area contributed by atoms with Crippen molar-refractivity contribution in [3.63, 3.8) is 0 Å². The molecule has 0 saturated carbocycles. The molecule has 2 aromatic rings. The first-order valence-electron chi connectivity index (χ1n) is 6.34. The predicted octanol–water partition coefficient (Wildman–Crippen LogP) is 3.37. The molecule has 0 unspecified atom stereocenters. The van der Waals surface area contributed by atoms with Crippen LogP contribution in [0.15, 0.2) is 42.5 Å². The van der Waals surface area contributed by atoms with Gasteiger partial charge in [0.1, 0.15) is 5.82 Å². The number of carboxylic acid groups (broad SMARTS) is 1. The minimum Gasteiger partial charge on any atom is -0.481 e. The van der Waals surface area contributed by atoms with Gasteiger partial charge in [0.25, 0.3) is 0 Å². The topological polar surface area (TPSA) is 49.3 Å². The van der Waals surface area contributed by atoms with Crippen molar-refractivity contribution < 1.29 is 14.3 Å². The van der Waals surface area contributed by atoms with Crippen molar-refractivity contribution in [1.29, 1.82) is 0 Å². The van der Waals surface area contributed by atoms with Gasteiger partial charge >= 0.3 is 5.97 Å². The molecule has 0 atom stereocenters. The van der Waals surface area contributed by atoms with E-state index in [4.69, 9.17) is 5.11 Å². The molecule has 0 fully saturated rings. The highest BCUT2D eigenvalue weighted by Crippen LogP contribution is 2.15. The molecule has 0 spiro atoms. The summed E-state index contributed by atoms with van der Waals surface area (Å²) in [4.78, 5) is 10.6. The fourth-order valence-electron chi connectivity index (χ4n) is 1.86. The molecular weight excluding hydrogens is 257 g/mol. The largest absolute Gasteiger partial charge is 0.481 e. The summed E-state index contributed by atoms with van der Waals surface area (Å²) in [7, 11) is 0. The molecule has 20 heavy (non-hydrogen) atoms. The fourth-order valence-corrected chi connectivity index (χ4v) is 1.86. The summed E-state index contributed by atoms with van der Waals surface area (Å²) in [5.74, 6) is -1.07. The van der Waals surface area contributed by atoms with E-state index in [9.17, 15) is 9.18 Å². The minimum absolute atomic E-state index is 0.0247. The Morgan fingerprint density at radius 1 is 1.15 bits per heavy atom. The van der Waals surface area contributed by atoms with Gasteiger partial charge in [0.15, 0.2) is 0 Å². The molecule has 2 rings (SSSR count). The molecule has 0 aromatic heterocycles. The third-order valence-electron chi connectivity index (χ3n) is 3.05. The Labute approximate surface area is 117 Å². The van der Waals surface area contributed by atoms with Gasteiger partial charge in [-0.15, -0.1) is 0 Å². The molecule has 0 radical (unpaired) electrons. The van der Waals surface area contributed by atoms with Crippen molar-refractivity contribution in [2.75, 3.05) is 5.32 Å². The van der Waals surface area contributed by atoms with Crippen molar-refractivity contribution in [2.45, 2.75) is 19.9 Å². The smallest absolute Gasteiger partial charge is 0.307 e. The number of halogens is 1. The number of aliphatic carboxylic acids is 1. The molecule has 0 bridgehead atoms. The number of hydrogen-bond acceptors (Lipinski definition) is 2. The number of carboxylic acids is 1. The highest BCUT2D eigenvalue weighted by atomic mass is 19.1. The van der Waals surface area contributed by atoms with E-state index in [1.807, 2.05) is 18.2 Å². The van der Waals surface area contributed by atoms with Gasteiger partial charge < -0.3 is 10.4 Å². The Kier molecular flexibility index (Phi) is 4.35. The molecule has 2 N–H and O–H groups in total. The van der Waals surface area contributed by atoms with E-state index in [0.717, 1.165) is 16.8 Å². The maximum atomic E-state index is 13.4. The molecule has 0 saturated heterocycles. The second-order valence-corrected chi connectivity index (χ2v) is 4.70. The zero-order chi connectivity index (χ0) is 14.5. The van der Waals surface area contributed by atoms with Gasteiger partial charge in [-0.2, -0.15) is 0 Å². The maximum Gasteiger partial charge on any atom is 0.307 e. The number of aryl methyl sites for hydroxylation is 1. The number of hydrogen-bond donors (Lipinski definition) is 2. The van der Waals surface area contributed by atoms with Crippen molar-refractivity contribution in [3.05, 3.63) is 65.0 Å². The van der Waals surface area contributed by atoms with E-state index >= 15 is 0 Å². The molecule has 2 aromatic carbocycles. The van der Waals surface area contributed by atoms with Gasteiger partial charge in [0.05, 0.1) is 6.42 Å². The highest BCUT2D eigenvalue weighted by molar-refractivity contribution is 5.70. The van der Waals surface area contributed by atoms with Gasteiger partial charge in [-0.05, 0) is 35.7 Å². The number of benzene rings is 2. The van der Waals surface area contributed by atoms with Crippen LogP contribution >= 0.6 is 0 Å². The second kappa shape index (κ2) is 6.19. The molecule has 3 nitrogen and oxygen atoms in total. The van der Waals surface area contributed by atoms with Gasteiger partial charge in [-0.3, -0.25) is 4.79 Å². The third kappa shape index (κ3) is 3.82. The maximum absolute atomic E-state index is 13.4. The van der Waals surface area contributed by atoms with E-state index in [1.54, 1.807) is 25.1 Å². The highest BCUT2D eigenvalue weighted by Gasteiger charge is 2.01. The van der Waals surface area contributed by atoms with Crippen LogP contribution in [0.5, 0.6) is 0 Å². The Hall–Kier alpha value is -2.36. The first-order chi connectivity index (χ1) is 9.54. The Morgan fingerprint density at radius 2 is 1.80 bits per heavy atom. The lowest BCUT2D eigenvalue weighted by Crippen LogP contribution is -2.02. The third-order valence-corrected chi connectivity index (χ3v) is 3.05. The van der Waals surface area contributed by atoms with Crippen LogP contribution in [0.25, 0.3) is 0 Å². The summed E-state index contributed by atoms with van der Waals surface area (Å²) >= 11 is 0. The predicted molar refractivity (Wildman–Crippen MR) is 76.2 cm³/mol. The zero-order valence-corrected chi connectivity index (χ0v) is 11.2. The van der Waals surface area contributed by atoms with Crippen LogP contribution < -0.4 is 5.32 Å². The molecular formula is C16H16FNO2. The molecule has 0 aliphatic rings. The van der Waals surface area contributed by atoms with Crippen LogP contribution in [0.1, 0.15) is 16.7 Å². The summed E-state index contributed by atoms with van der Waals surface area (Å²) in [5.41, 5.74) is 3.12. The van der Waals surface area contributed by atoms with Crippen LogP contribution in [-0.4, -0.2) is 11.1 Å².